The maximum absolute atomic E-state index is 4.79. The van der Waals surface area contributed by atoms with Crippen molar-refractivity contribution in [3.63, 3.8) is 0 Å². The van der Waals surface area contributed by atoms with Gasteiger partial charge in [-0.2, -0.15) is 0 Å². The van der Waals surface area contributed by atoms with E-state index in [1.165, 1.54) is 24.1 Å². The molecular weight excluding hydrogens is 260 g/mol. The van der Waals surface area contributed by atoms with Crippen molar-refractivity contribution in [2.24, 2.45) is 0 Å². The number of aryl methyl sites for hydroxylation is 1. The van der Waals surface area contributed by atoms with Crippen LogP contribution in [0.25, 0.3) is 0 Å². The molecule has 0 amide bonds. The molecule has 1 fully saturated rings. The van der Waals surface area contributed by atoms with Gasteiger partial charge in [-0.3, -0.25) is 0 Å². The van der Waals surface area contributed by atoms with Crippen LogP contribution in [-0.4, -0.2) is 23.6 Å². The highest BCUT2D eigenvalue weighted by Crippen LogP contribution is 2.39. The maximum Gasteiger partial charge on any atom is 0.138 e. The summed E-state index contributed by atoms with van der Waals surface area (Å²) in [5.74, 6) is 3.39. The second-order valence-corrected chi connectivity index (χ2v) is 5.57. The first-order valence-corrected chi connectivity index (χ1v) is 7.62. The lowest BCUT2D eigenvalue weighted by atomic mass is 10.2. The maximum atomic E-state index is 4.79. The SMILES string of the molecule is CCN(c1ccc(C)cc1)c1cc(NC)nc(C2CC2)n1. The van der Waals surface area contributed by atoms with E-state index in [1.807, 2.05) is 13.1 Å². The summed E-state index contributed by atoms with van der Waals surface area (Å²) >= 11 is 0. The van der Waals surface area contributed by atoms with E-state index < -0.39 is 0 Å². The molecule has 0 radical (unpaired) electrons. The molecule has 4 heteroatoms. The Kier molecular flexibility index (Phi) is 3.78. The fraction of sp³-hybridized carbons (Fsp3) is 0.412. The third kappa shape index (κ3) is 2.99. The molecule has 0 bridgehead atoms. The number of hydrogen-bond acceptors (Lipinski definition) is 4. The number of nitrogens with zero attached hydrogens (tertiary/aromatic N) is 3. The molecule has 0 aliphatic heterocycles. The van der Waals surface area contributed by atoms with Gasteiger partial charge in [-0.05, 0) is 38.8 Å². The van der Waals surface area contributed by atoms with Gasteiger partial charge in [0, 0.05) is 31.3 Å². The van der Waals surface area contributed by atoms with E-state index >= 15 is 0 Å². The summed E-state index contributed by atoms with van der Waals surface area (Å²) in [7, 11) is 1.91. The van der Waals surface area contributed by atoms with E-state index in [0.29, 0.717) is 5.92 Å². The van der Waals surface area contributed by atoms with Gasteiger partial charge in [0.1, 0.15) is 17.5 Å². The summed E-state index contributed by atoms with van der Waals surface area (Å²) in [6.45, 7) is 5.14. The van der Waals surface area contributed by atoms with Gasteiger partial charge in [-0.15, -0.1) is 0 Å². The van der Waals surface area contributed by atoms with Crippen LogP contribution in [0, 0.1) is 6.92 Å². The molecule has 4 nitrogen and oxygen atoms in total. The highest BCUT2D eigenvalue weighted by molar-refractivity contribution is 5.62. The second kappa shape index (κ2) is 5.72. The molecule has 0 saturated heterocycles. The minimum atomic E-state index is 0.550. The zero-order chi connectivity index (χ0) is 14.8. The lowest BCUT2D eigenvalue weighted by Gasteiger charge is -2.23. The summed E-state index contributed by atoms with van der Waals surface area (Å²) in [4.78, 5) is 11.6. The van der Waals surface area contributed by atoms with Crippen LogP contribution >= 0.6 is 0 Å². The highest BCUT2D eigenvalue weighted by atomic mass is 15.2. The minimum absolute atomic E-state index is 0.550. The Bertz CT molecular complexity index is 617. The van der Waals surface area contributed by atoms with Gasteiger partial charge in [-0.25, -0.2) is 9.97 Å². The molecule has 3 rings (SSSR count). The molecular formula is C17H22N4. The topological polar surface area (TPSA) is 41.0 Å². The Labute approximate surface area is 126 Å². The zero-order valence-corrected chi connectivity index (χ0v) is 12.9. The van der Waals surface area contributed by atoms with Crippen molar-refractivity contribution in [1.29, 1.82) is 0 Å². The van der Waals surface area contributed by atoms with Crippen molar-refractivity contribution in [2.45, 2.75) is 32.6 Å². The fourth-order valence-corrected chi connectivity index (χ4v) is 2.44. The summed E-state index contributed by atoms with van der Waals surface area (Å²) in [6, 6.07) is 10.6. The van der Waals surface area contributed by atoms with E-state index in [1.54, 1.807) is 0 Å². The quantitative estimate of drug-likeness (QED) is 0.904. The molecule has 21 heavy (non-hydrogen) atoms. The Morgan fingerprint density at radius 2 is 1.90 bits per heavy atom. The smallest absolute Gasteiger partial charge is 0.138 e. The average molecular weight is 282 g/mol. The summed E-state index contributed by atoms with van der Waals surface area (Å²) in [5.41, 5.74) is 2.44. The number of aromatic nitrogens is 2. The zero-order valence-electron chi connectivity index (χ0n) is 12.9. The van der Waals surface area contributed by atoms with E-state index in [-0.39, 0.29) is 0 Å². The predicted octanol–water partition coefficient (Wildman–Crippen LogP) is 3.86. The molecule has 2 aromatic rings. The third-order valence-corrected chi connectivity index (χ3v) is 3.87. The molecule has 1 heterocycles. The van der Waals surface area contributed by atoms with Gasteiger partial charge in [0.15, 0.2) is 0 Å². The van der Waals surface area contributed by atoms with Crippen LogP contribution in [0.3, 0.4) is 0 Å². The highest BCUT2D eigenvalue weighted by Gasteiger charge is 2.28. The normalized spacial score (nSPS) is 14.0. The Hall–Kier alpha value is -2.10. The molecule has 0 atom stereocenters. The third-order valence-electron chi connectivity index (χ3n) is 3.87. The van der Waals surface area contributed by atoms with Crippen molar-refractivity contribution in [1.82, 2.24) is 9.97 Å². The molecule has 0 unspecified atom stereocenters. The van der Waals surface area contributed by atoms with E-state index in [2.05, 4.69) is 53.3 Å². The second-order valence-electron chi connectivity index (χ2n) is 5.57. The minimum Gasteiger partial charge on any atom is -0.373 e. The van der Waals surface area contributed by atoms with Gasteiger partial charge in [-0.1, -0.05) is 17.7 Å². The van der Waals surface area contributed by atoms with Gasteiger partial charge in [0.2, 0.25) is 0 Å². The predicted molar refractivity (Wildman–Crippen MR) is 87.4 cm³/mol. The lowest BCUT2D eigenvalue weighted by Crippen LogP contribution is -2.18. The lowest BCUT2D eigenvalue weighted by molar-refractivity contribution is 0.896. The first-order chi connectivity index (χ1) is 10.2. The van der Waals surface area contributed by atoms with Crippen LogP contribution in [-0.2, 0) is 0 Å². The Balaban J connectivity index is 1.99. The largest absolute Gasteiger partial charge is 0.373 e. The fourth-order valence-electron chi connectivity index (χ4n) is 2.44. The van der Waals surface area contributed by atoms with E-state index in [0.717, 1.165) is 24.0 Å². The van der Waals surface area contributed by atoms with E-state index in [4.69, 9.17) is 4.98 Å². The molecule has 1 N–H and O–H groups in total. The molecule has 110 valence electrons. The van der Waals surface area contributed by atoms with Crippen LogP contribution in [0.2, 0.25) is 0 Å². The Morgan fingerprint density at radius 1 is 1.19 bits per heavy atom. The van der Waals surface area contributed by atoms with Crippen molar-refractivity contribution in [3.05, 3.63) is 41.7 Å². The van der Waals surface area contributed by atoms with Gasteiger partial charge in [0.05, 0.1) is 0 Å². The van der Waals surface area contributed by atoms with Crippen LogP contribution < -0.4 is 10.2 Å². The molecule has 1 aliphatic carbocycles. The van der Waals surface area contributed by atoms with Crippen molar-refractivity contribution >= 4 is 17.3 Å². The van der Waals surface area contributed by atoms with Gasteiger partial charge >= 0.3 is 0 Å². The first-order valence-electron chi connectivity index (χ1n) is 7.62. The van der Waals surface area contributed by atoms with Crippen LogP contribution in [0.1, 0.15) is 37.1 Å². The number of hydrogen-bond donors (Lipinski definition) is 1. The summed E-state index contributed by atoms with van der Waals surface area (Å²) in [5, 5.41) is 3.15. The van der Waals surface area contributed by atoms with Crippen LogP contribution in [0.5, 0.6) is 0 Å². The molecule has 1 saturated carbocycles. The number of benzene rings is 1. The van der Waals surface area contributed by atoms with Gasteiger partial charge < -0.3 is 10.2 Å². The Morgan fingerprint density at radius 3 is 2.48 bits per heavy atom. The summed E-state index contributed by atoms with van der Waals surface area (Å²) < 4.78 is 0. The first kappa shape index (κ1) is 13.9. The number of anilines is 3. The standard InChI is InChI=1S/C17H22N4/c1-4-21(14-9-5-12(2)6-10-14)16-11-15(18-3)19-17(20-16)13-7-8-13/h5-6,9-11,13H,4,7-8H2,1-3H3,(H,18,19,20). The number of nitrogens with one attached hydrogen (secondary N) is 1. The van der Waals surface area contributed by atoms with Crippen molar-refractivity contribution < 1.29 is 0 Å². The van der Waals surface area contributed by atoms with Gasteiger partial charge in [0.25, 0.3) is 0 Å². The monoisotopic (exact) mass is 282 g/mol. The van der Waals surface area contributed by atoms with Crippen LogP contribution in [0.4, 0.5) is 17.3 Å². The molecule has 1 aromatic carbocycles. The molecule has 1 aromatic heterocycles. The van der Waals surface area contributed by atoms with E-state index in [9.17, 15) is 0 Å². The molecule has 0 spiro atoms. The molecule has 1 aliphatic rings. The van der Waals surface area contributed by atoms with Crippen LogP contribution in [0.15, 0.2) is 30.3 Å². The average Bonchev–Trinajstić information content (AvgIpc) is 3.34. The number of rotatable bonds is 5. The van der Waals surface area contributed by atoms with Crippen molar-refractivity contribution in [2.75, 3.05) is 23.8 Å². The van der Waals surface area contributed by atoms with Crippen molar-refractivity contribution in [3.8, 4) is 0 Å². The summed E-state index contributed by atoms with van der Waals surface area (Å²) in [6.07, 6.45) is 2.42.